The molecule has 0 aromatic heterocycles. The highest BCUT2D eigenvalue weighted by atomic mass is 16.5. The second-order valence-corrected chi connectivity index (χ2v) is 4.92. The maximum Gasteiger partial charge on any atom is 0.248 e. The van der Waals surface area contributed by atoms with Crippen LogP contribution in [0.15, 0.2) is 30.3 Å². The van der Waals surface area contributed by atoms with Crippen LogP contribution in [0.3, 0.4) is 0 Å². The summed E-state index contributed by atoms with van der Waals surface area (Å²) in [7, 11) is 0. The quantitative estimate of drug-likeness (QED) is 0.841. The molecule has 0 spiro atoms. The van der Waals surface area contributed by atoms with Gasteiger partial charge in [-0.3, -0.25) is 4.79 Å². The average molecular weight is 270 g/mol. The minimum Gasteiger partial charge on any atom is -0.455 e. The third kappa shape index (κ3) is 2.74. The van der Waals surface area contributed by atoms with Crippen LogP contribution in [-0.4, -0.2) is 5.91 Å². The fraction of sp³-hybridized carbons (Fsp3) is 0.188. The van der Waals surface area contributed by atoms with Crippen LogP contribution in [0, 0.1) is 20.8 Å². The molecule has 0 bridgehead atoms. The maximum absolute atomic E-state index is 11.2. The molecule has 4 N–H and O–H groups in total. The molecular weight excluding hydrogens is 252 g/mol. The van der Waals surface area contributed by atoms with Crippen LogP contribution in [0.4, 0.5) is 5.69 Å². The first kappa shape index (κ1) is 13.9. The molecule has 0 aliphatic rings. The van der Waals surface area contributed by atoms with Crippen molar-refractivity contribution in [1.29, 1.82) is 0 Å². The number of hydrogen-bond donors (Lipinski definition) is 2. The van der Waals surface area contributed by atoms with Gasteiger partial charge in [0.15, 0.2) is 5.75 Å². The predicted molar refractivity (Wildman–Crippen MR) is 80.1 cm³/mol. The summed E-state index contributed by atoms with van der Waals surface area (Å²) in [5.74, 6) is 0.664. The number of ether oxygens (including phenoxy) is 1. The van der Waals surface area contributed by atoms with Crippen LogP contribution in [0.1, 0.15) is 27.0 Å². The molecule has 0 aliphatic heterocycles. The van der Waals surface area contributed by atoms with Crippen molar-refractivity contribution in [3.05, 3.63) is 52.6 Å². The van der Waals surface area contributed by atoms with Crippen molar-refractivity contribution < 1.29 is 9.53 Å². The molecule has 0 unspecified atom stereocenters. The summed E-state index contributed by atoms with van der Waals surface area (Å²) in [4.78, 5) is 11.2. The number of aryl methyl sites for hydroxylation is 2. The van der Waals surface area contributed by atoms with Crippen molar-refractivity contribution in [2.24, 2.45) is 5.73 Å². The van der Waals surface area contributed by atoms with E-state index >= 15 is 0 Å². The number of amides is 1. The first-order chi connectivity index (χ1) is 9.38. The Morgan fingerprint density at radius 2 is 1.75 bits per heavy atom. The Labute approximate surface area is 118 Å². The van der Waals surface area contributed by atoms with Gasteiger partial charge in [0.2, 0.25) is 5.91 Å². The van der Waals surface area contributed by atoms with E-state index in [0.717, 1.165) is 22.4 Å². The smallest absolute Gasteiger partial charge is 0.248 e. The van der Waals surface area contributed by atoms with E-state index in [1.165, 1.54) is 0 Å². The van der Waals surface area contributed by atoms with Crippen molar-refractivity contribution in [1.82, 2.24) is 0 Å². The fourth-order valence-electron chi connectivity index (χ4n) is 2.00. The minimum atomic E-state index is -0.507. The summed E-state index contributed by atoms with van der Waals surface area (Å²) in [6.07, 6.45) is 0. The lowest BCUT2D eigenvalue weighted by Gasteiger charge is -2.14. The number of hydrogen-bond acceptors (Lipinski definition) is 3. The molecular formula is C16H18N2O2. The number of carbonyl (C=O) groups excluding carboxylic acids is 1. The van der Waals surface area contributed by atoms with Crippen molar-refractivity contribution >= 4 is 11.6 Å². The lowest BCUT2D eigenvalue weighted by Crippen LogP contribution is -2.11. The number of benzene rings is 2. The molecule has 0 atom stereocenters. The van der Waals surface area contributed by atoms with Crippen LogP contribution in [0.5, 0.6) is 11.5 Å². The lowest BCUT2D eigenvalue weighted by molar-refractivity contribution is 0.1000. The van der Waals surface area contributed by atoms with Crippen molar-refractivity contribution in [2.45, 2.75) is 20.8 Å². The van der Waals surface area contributed by atoms with E-state index in [9.17, 15) is 4.79 Å². The fourth-order valence-corrected chi connectivity index (χ4v) is 2.00. The molecule has 4 heteroatoms. The Morgan fingerprint density at radius 3 is 2.40 bits per heavy atom. The largest absolute Gasteiger partial charge is 0.455 e. The van der Waals surface area contributed by atoms with Crippen LogP contribution in [0.25, 0.3) is 0 Å². The zero-order valence-corrected chi connectivity index (χ0v) is 11.9. The Hall–Kier alpha value is -2.49. The van der Waals surface area contributed by atoms with Crippen LogP contribution >= 0.6 is 0 Å². The number of nitrogen functional groups attached to an aromatic ring is 1. The summed E-state index contributed by atoms with van der Waals surface area (Å²) in [5.41, 5.74) is 15.3. The number of nitrogens with two attached hydrogens (primary N) is 2. The van der Waals surface area contributed by atoms with Gasteiger partial charge in [0.05, 0.1) is 5.69 Å². The van der Waals surface area contributed by atoms with E-state index in [-0.39, 0.29) is 0 Å². The van der Waals surface area contributed by atoms with Gasteiger partial charge in [-0.25, -0.2) is 0 Å². The monoisotopic (exact) mass is 270 g/mol. The van der Waals surface area contributed by atoms with E-state index in [1.807, 2.05) is 26.8 Å². The molecule has 0 heterocycles. The van der Waals surface area contributed by atoms with Crippen molar-refractivity contribution in [3.8, 4) is 11.5 Å². The number of anilines is 1. The van der Waals surface area contributed by atoms with E-state index < -0.39 is 5.91 Å². The number of carbonyl (C=O) groups is 1. The van der Waals surface area contributed by atoms with Gasteiger partial charge < -0.3 is 16.2 Å². The summed E-state index contributed by atoms with van der Waals surface area (Å²) in [5, 5.41) is 0. The molecule has 2 aromatic carbocycles. The van der Waals surface area contributed by atoms with Crippen LogP contribution in [-0.2, 0) is 0 Å². The number of rotatable bonds is 3. The Kier molecular flexibility index (Phi) is 3.66. The topological polar surface area (TPSA) is 78.3 Å². The highest BCUT2D eigenvalue weighted by Gasteiger charge is 2.10. The molecule has 104 valence electrons. The van der Waals surface area contributed by atoms with Gasteiger partial charge in [0.1, 0.15) is 5.75 Å². The molecule has 0 fully saturated rings. The molecule has 0 saturated carbocycles. The second kappa shape index (κ2) is 5.25. The first-order valence-corrected chi connectivity index (χ1v) is 6.33. The third-order valence-electron chi connectivity index (χ3n) is 3.28. The minimum absolute atomic E-state index is 0.372. The second-order valence-electron chi connectivity index (χ2n) is 4.92. The van der Waals surface area contributed by atoms with Gasteiger partial charge in [-0.2, -0.15) is 0 Å². The van der Waals surface area contributed by atoms with Gasteiger partial charge in [0, 0.05) is 5.56 Å². The van der Waals surface area contributed by atoms with E-state index in [4.69, 9.17) is 16.2 Å². The van der Waals surface area contributed by atoms with Gasteiger partial charge in [-0.05, 0) is 61.7 Å². The third-order valence-corrected chi connectivity index (χ3v) is 3.28. The predicted octanol–water partition coefficient (Wildman–Crippen LogP) is 3.09. The Morgan fingerprint density at radius 1 is 1.05 bits per heavy atom. The standard InChI is InChI=1S/C16H18N2O2/c1-9-6-10(2)11(3)14(7-9)20-15-8-12(16(18)19)4-5-13(15)17/h4-8H,17H2,1-3H3,(H2,18,19). The zero-order valence-electron chi connectivity index (χ0n) is 11.9. The van der Waals surface area contributed by atoms with Crippen LogP contribution < -0.4 is 16.2 Å². The summed E-state index contributed by atoms with van der Waals surface area (Å²) < 4.78 is 5.86. The highest BCUT2D eigenvalue weighted by Crippen LogP contribution is 2.32. The number of primary amides is 1. The molecule has 2 rings (SSSR count). The van der Waals surface area contributed by atoms with Gasteiger partial charge in [-0.15, -0.1) is 0 Å². The van der Waals surface area contributed by atoms with Crippen molar-refractivity contribution in [3.63, 3.8) is 0 Å². The zero-order chi connectivity index (χ0) is 14.9. The Balaban J connectivity index is 2.44. The molecule has 2 aromatic rings. The van der Waals surface area contributed by atoms with Gasteiger partial charge >= 0.3 is 0 Å². The first-order valence-electron chi connectivity index (χ1n) is 6.33. The molecule has 1 amide bonds. The van der Waals surface area contributed by atoms with E-state index in [0.29, 0.717) is 17.0 Å². The Bertz CT molecular complexity index is 678. The molecule has 0 saturated heterocycles. The SMILES string of the molecule is Cc1cc(C)c(C)c(Oc2cc(C(N)=O)ccc2N)c1. The van der Waals surface area contributed by atoms with Crippen LogP contribution in [0.2, 0.25) is 0 Å². The average Bonchev–Trinajstić information content (AvgIpc) is 2.37. The van der Waals surface area contributed by atoms with E-state index in [2.05, 4.69) is 6.07 Å². The molecule has 4 nitrogen and oxygen atoms in total. The van der Waals surface area contributed by atoms with E-state index in [1.54, 1.807) is 18.2 Å². The summed E-state index contributed by atoms with van der Waals surface area (Å²) in [6.45, 7) is 6.01. The normalized spacial score (nSPS) is 10.3. The van der Waals surface area contributed by atoms with Gasteiger partial charge in [-0.1, -0.05) is 6.07 Å². The summed E-state index contributed by atoms with van der Waals surface area (Å²) in [6, 6.07) is 8.80. The molecule has 20 heavy (non-hydrogen) atoms. The molecule has 0 aliphatic carbocycles. The van der Waals surface area contributed by atoms with Crippen molar-refractivity contribution in [2.75, 3.05) is 5.73 Å². The van der Waals surface area contributed by atoms with Gasteiger partial charge in [0.25, 0.3) is 0 Å². The maximum atomic E-state index is 11.2. The molecule has 0 radical (unpaired) electrons. The summed E-state index contributed by atoms with van der Waals surface area (Å²) >= 11 is 0. The highest BCUT2D eigenvalue weighted by molar-refractivity contribution is 5.93. The lowest BCUT2D eigenvalue weighted by atomic mass is 10.1.